The van der Waals surface area contributed by atoms with Crippen molar-refractivity contribution in [1.82, 2.24) is 9.78 Å². The maximum absolute atomic E-state index is 5.26. The van der Waals surface area contributed by atoms with Crippen molar-refractivity contribution in [2.45, 2.75) is 6.42 Å². The molecule has 0 radical (unpaired) electrons. The summed E-state index contributed by atoms with van der Waals surface area (Å²) in [5.41, 5.74) is 8.97. The molecule has 0 unspecified atom stereocenters. The second kappa shape index (κ2) is 5.88. The Kier molecular flexibility index (Phi) is 3.39. The second-order valence-corrected chi connectivity index (χ2v) is 6.57. The maximum Gasteiger partial charge on any atom is 0.118 e. The van der Waals surface area contributed by atoms with Gasteiger partial charge in [-0.3, -0.25) is 0 Å². The molecule has 1 heterocycles. The van der Waals surface area contributed by atoms with Crippen LogP contribution < -0.4 is 4.74 Å². The zero-order chi connectivity index (χ0) is 17.5. The number of ether oxygens (including phenoxy) is 1. The standard InChI is InChI=1S/C23H18N2O/c1-26-21-7-3-16(4-8-21)17-5-9-22-18(13-17)14-19-15-20(6-10-23(19)22)25-12-2-11-24-25/h2-13,15H,14H2,1H3. The number of rotatable bonds is 3. The number of methoxy groups -OCH3 is 1. The highest BCUT2D eigenvalue weighted by atomic mass is 16.5. The topological polar surface area (TPSA) is 27.1 Å². The third-order valence-electron chi connectivity index (χ3n) is 5.06. The summed E-state index contributed by atoms with van der Waals surface area (Å²) in [4.78, 5) is 0. The lowest BCUT2D eigenvalue weighted by Gasteiger charge is -2.07. The summed E-state index contributed by atoms with van der Waals surface area (Å²) in [5, 5.41) is 4.34. The highest BCUT2D eigenvalue weighted by molar-refractivity contribution is 5.81. The van der Waals surface area contributed by atoms with E-state index in [1.165, 1.54) is 33.4 Å². The minimum Gasteiger partial charge on any atom is -0.497 e. The van der Waals surface area contributed by atoms with Gasteiger partial charge in [-0.1, -0.05) is 36.4 Å². The third kappa shape index (κ3) is 2.40. The third-order valence-corrected chi connectivity index (χ3v) is 5.06. The highest BCUT2D eigenvalue weighted by Gasteiger charge is 2.19. The van der Waals surface area contributed by atoms with Gasteiger partial charge >= 0.3 is 0 Å². The zero-order valence-corrected chi connectivity index (χ0v) is 14.5. The van der Waals surface area contributed by atoms with Crippen molar-refractivity contribution >= 4 is 0 Å². The van der Waals surface area contributed by atoms with Gasteiger partial charge in [-0.2, -0.15) is 5.10 Å². The van der Waals surface area contributed by atoms with Crippen LogP contribution in [-0.4, -0.2) is 16.9 Å². The molecule has 1 aliphatic rings. The van der Waals surface area contributed by atoms with Gasteiger partial charge in [-0.05, 0) is 70.1 Å². The largest absolute Gasteiger partial charge is 0.497 e. The summed E-state index contributed by atoms with van der Waals surface area (Å²) in [6.07, 6.45) is 4.75. The Bertz CT molecular complexity index is 1080. The van der Waals surface area contributed by atoms with E-state index in [2.05, 4.69) is 53.6 Å². The van der Waals surface area contributed by atoms with Crippen LogP contribution in [0.2, 0.25) is 0 Å². The minimum absolute atomic E-state index is 0.883. The van der Waals surface area contributed by atoms with Gasteiger partial charge in [0, 0.05) is 12.4 Å². The molecule has 1 aliphatic carbocycles. The summed E-state index contributed by atoms with van der Waals surface area (Å²) in [6, 6.07) is 23.5. The summed E-state index contributed by atoms with van der Waals surface area (Å²) < 4.78 is 7.16. The Hall–Kier alpha value is -3.33. The van der Waals surface area contributed by atoms with E-state index in [1.807, 2.05) is 35.3 Å². The first kappa shape index (κ1) is 15.0. The molecule has 0 fully saturated rings. The van der Waals surface area contributed by atoms with E-state index >= 15 is 0 Å². The summed E-state index contributed by atoms with van der Waals surface area (Å²) in [6.45, 7) is 0. The summed E-state index contributed by atoms with van der Waals surface area (Å²) in [7, 11) is 1.69. The van der Waals surface area contributed by atoms with Crippen LogP contribution in [0.25, 0.3) is 27.9 Å². The van der Waals surface area contributed by atoms with Gasteiger partial charge < -0.3 is 4.74 Å². The highest BCUT2D eigenvalue weighted by Crippen LogP contribution is 2.39. The molecule has 3 aromatic carbocycles. The number of nitrogens with zero attached hydrogens (tertiary/aromatic N) is 2. The molecule has 0 bridgehead atoms. The van der Waals surface area contributed by atoms with Gasteiger partial charge in [0.05, 0.1) is 12.8 Å². The van der Waals surface area contributed by atoms with Crippen molar-refractivity contribution in [2.75, 3.05) is 7.11 Å². The zero-order valence-electron chi connectivity index (χ0n) is 14.5. The molecule has 126 valence electrons. The van der Waals surface area contributed by atoms with Crippen molar-refractivity contribution < 1.29 is 4.74 Å². The fraction of sp³-hybridized carbons (Fsp3) is 0.0870. The molecule has 26 heavy (non-hydrogen) atoms. The van der Waals surface area contributed by atoms with E-state index in [-0.39, 0.29) is 0 Å². The summed E-state index contributed by atoms with van der Waals surface area (Å²) in [5.74, 6) is 0.883. The molecule has 0 saturated heterocycles. The van der Waals surface area contributed by atoms with Crippen molar-refractivity contribution in [2.24, 2.45) is 0 Å². The van der Waals surface area contributed by atoms with E-state index in [1.54, 1.807) is 7.11 Å². The molecule has 0 amide bonds. The van der Waals surface area contributed by atoms with E-state index in [9.17, 15) is 0 Å². The van der Waals surface area contributed by atoms with E-state index in [0.29, 0.717) is 0 Å². The number of aromatic nitrogens is 2. The van der Waals surface area contributed by atoms with Gasteiger partial charge in [0.15, 0.2) is 0 Å². The second-order valence-electron chi connectivity index (χ2n) is 6.57. The fourth-order valence-corrected chi connectivity index (χ4v) is 3.72. The number of benzene rings is 3. The predicted octanol–water partition coefficient (Wildman–Crippen LogP) is 5.12. The molecule has 4 aromatic rings. The molecular formula is C23H18N2O. The van der Waals surface area contributed by atoms with Crippen molar-refractivity contribution in [3.05, 3.63) is 90.3 Å². The van der Waals surface area contributed by atoms with Crippen LogP contribution >= 0.6 is 0 Å². The first-order chi connectivity index (χ1) is 12.8. The molecule has 5 rings (SSSR count). The predicted molar refractivity (Wildman–Crippen MR) is 104 cm³/mol. The first-order valence-corrected chi connectivity index (χ1v) is 8.72. The Labute approximate surface area is 152 Å². The number of fused-ring (bicyclic) bond motifs is 3. The van der Waals surface area contributed by atoms with E-state index in [0.717, 1.165) is 17.9 Å². The van der Waals surface area contributed by atoms with Crippen LogP contribution in [0.4, 0.5) is 0 Å². The molecule has 0 aliphatic heterocycles. The molecule has 1 aromatic heterocycles. The molecule has 3 nitrogen and oxygen atoms in total. The van der Waals surface area contributed by atoms with Gasteiger partial charge in [-0.25, -0.2) is 4.68 Å². The first-order valence-electron chi connectivity index (χ1n) is 8.72. The Morgan fingerprint density at radius 3 is 2.31 bits per heavy atom. The lowest BCUT2D eigenvalue weighted by molar-refractivity contribution is 0.415. The van der Waals surface area contributed by atoms with Crippen molar-refractivity contribution in [1.29, 1.82) is 0 Å². The average Bonchev–Trinajstić information content (AvgIpc) is 3.34. The van der Waals surface area contributed by atoms with E-state index in [4.69, 9.17) is 4.74 Å². The Morgan fingerprint density at radius 1 is 0.846 bits per heavy atom. The lowest BCUT2D eigenvalue weighted by Crippen LogP contribution is -1.95. The molecule has 0 N–H and O–H groups in total. The van der Waals surface area contributed by atoms with Crippen LogP contribution in [0, 0.1) is 0 Å². The van der Waals surface area contributed by atoms with E-state index < -0.39 is 0 Å². The smallest absolute Gasteiger partial charge is 0.118 e. The van der Waals surface area contributed by atoms with Crippen molar-refractivity contribution in [3.8, 4) is 33.7 Å². The quantitative estimate of drug-likeness (QED) is 0.456. The monoisotopic (exact) mass is 338 g/mol. The molecule has 3 heteroatoms. The normalized spacial score (nSPS) is 11.9. The minimum atomic E-state index is 0.883. The van der Waals surface area contributed by atoms with Gasteiger partial charge in [-0.15, -0.1) is 0 Å². The molecule has 0 saturated carbocycles. The maximum atomic E-state index is 5.26. The van der Waals surface area contributed by atoms with Crippen LogP contribution in [-0.2, 0) is 6.42 Å². The Balaban J connectivity index is 1.51. The number of hydrogen-bond donors (Lipinski definition) is 0. The summed E-state index contributed by atoms with van der Waals surface area (Å²) >= 11 is 0. The SMILES string of the molecule is COc1ccc(-c2ccc3c(c2)Cc2cc(-n4cccn4)ccc2-3)cc1. The molecule has 0 spiro atoms. The van der Waals surface area contributed by atoms with Gasteiger partial charge in [0.1, 0.15) is 5.75 Å². The van der Waals surface area contributed by atoms with Gasteiger partial charge in [0.25, 0.3) is 0 Å². The number of hydrogen-bond acceptors (Lipinski definition) is 2. The fourth-order valence-electron chi connectivity index (χ4n) is 3.72. The molecule has 0 atom stereocenters. The van der Waals surface area contributed by atoms with Crippen LogP contribution in [0.15, 0.2) is 79.1 Å². The van der Waals surface area contributed by atoms with Crippen LogP contribution in [0.5, 0.6) is 5.75 Å². The van der Waals surface area contributed by atoms with Gasteiger partial charge in [0.2, 0.25) is 0 Å². The lowest BCUT2D eigenvalue weighted by atomic mass is 9.99. The average molecular weight is 338 g/mol. The molecular weight excluding hydrogens is 320 g/mol. The Morgan fingerprint density at radius 2 is 1.58 bits per heavy atom. The van der Waals surface area contributed by atoms with Crippen LogP contribution in [0.1, 0.15) is 11.1 Å². The van der Waals surface area contributed by atoms with Crippen molar-refractivity contribution in [3.63, 3.8) is 0 Å². The van der Waals surface area contributed by atoms with Crippen LogP contribution in [0.3, 0.4) is 0 Å².